The molecule has 2 aliphatic carbocycles. The highest BCUT2D eigenvalue weighted by atomic mass is 16.3. The van der Waals surface area contributed by atoms with E-state index >= 15 is 0 Å². The Balaban J connectivity index is 0.912. The molecule has 324 valence electrons. The zero-order valence-electron chi connectivity index (χ0n) is 38.7. The largest absolute Gasteiger partial charge is 0.455 e. The molecule has 2 aliphatic rings. The summed E-state index contributed by atoms with van der Waals surface area (Å²) in [7, 11) is 0. The molecule has 0 atom stereocenters. The van der Waals surface area contributed by atoms with Crippen LogP contribution in [0.3, 0.4) is 0 Å². The normalized spacial score (nSPS) is 13.8. The number of para-hydroxylation sites is 2. The summed E-state index contributed by atoms with van der Waals surface area (Å²) in [5.74, 6) is 0. The Morgan fingerprint density at radius 1 is 0.294 bits per heavy atom. The van der Waals surface area contributed by atoms with Gasteiger partial charge in [0.1, 0.15) is 11.2 Å². The van der Waals surface area contributed by atoms with Gasteiger partial charge in [0.05, 0.1) is 0 Å². The first-order chi connectivity index (χ1) is 33.2. The standard InChI is InChI=1S/C66H49NO/c1-65(2)59-38-46(42-15-7-5-8-16-42)27-33-53(59)55-35-31-50(40-61(55)65)67(51-32-36-56-54-34-28-47(43-17-9-6-10-18-43)39-60(54)66(3,4)62(56)41-51)49-29-25-44(26-30-49)45-19-13-20-48(37-45)52-22-14-23-58-57-21-11-12-24-63(57)68-64(52)58/h5-41H,1-4H3. The summed E-state index contributed by atoms with van der Waals surface area (Å²) in [4.78, 5) is 2.46. The summed E-state index contributed by atoms with van der Waals surface area (Å²) in [5, 5.41) is 2.28. The Bertz CT molecular complexity index is 3630. The van der Waals surface area contributed by atoms with Crippen molar-refractivity contribution in [3.8, 4) is 66.8 Å². The monoisotopic (exact) mass is 871 g/mol. The van der Waals surface area contributed by atoms with Crippen LogP contribution in [-0.2, 0) is 10.8 Å². The number of hydrogen-bond acceptors (Lipinski definition) is 2. The predicted molar refractivity (Wildman–Crippen MR) is 285 cm³/mol. The molecule has 0 aliphatic heterocycles. The van der Waals surface area contributed by atoms with Gasteiger partial charge in [-0.3, -0.25) is 0 Å². The van der Waals surface area contributed by atoms with Crippen LogP contribution in [0.25, 0.3) is 88.7 Å². The summed E-state index contributed by atoms with van der Waals surface area (Å²) in [6, 6.07) is 82.5. The molecule has 0 fully saturated rings. The lowest BCUT2D eigenvalue weighted by atomic mass is 9.81. The number of rotatable bonds is 7. The summed E-state index contributed by atoms with van der Waals surface area (Å²) < 4.78 is 6.47. The number of hydrogen-bond donors (Lipinski definition) is 0. The molecule has 0 radical (unpaired) electrons. The lowest BCUT2D eigenvalue weighted by Crippen LogP contribution is -2.18. The molecule has 1 aromatic heterocycles. The molecule has 0 N–H and O–H groups in total. The van der Waals surface area contributed by atoms with Crippen molar-refractivity contribution in [3.63, 3.8) is 0 Å². The third kappa shape index (κ3) is 6.25. The first-order valence-electron chi connectivity index (χ1n) is 23.8. The molecule has 10 aromatic carbocycles. The van der Waals surface area contributed by atoms with Crippen molar-refractivity contribution in [1.29, 1.82) is 0 Å². The SMILES string of the molecule is CC1(C)c2cc(-c3ccccc3)ccc2-c2ccc(N(c3ccc(-c4cccc(-c5cccc6c5oc5ccccc56)c4)cc3)c3ccc4c(c3)C(C)(C)c3cc(-c5ccccc5)ccc3-4)cc21. The second-order valence-corrected chi connectivity index (χ2v) is 19.7. The molecular formula is C66H49NO. The van der Waals surface area contributed by atoms with Crippen LogP contribution in [0.15, 0.2) is 229 Å². The average molecular weight is 872 g/mol. The van der Waals surface area contributed by atoms with Crippen LogP contribution >= 0.6 is 0 Å². The van der Waals surface area contributed by atoms with Crippen molar-refractivity contribution in [2.75, 3.05) is 4.90 Å². The van der Waals surface area contributed by atoms with Crippen LogP contribution in [0, 0.1) is 0 Å². The van der Waals surface area contributed by atoms with E-state index in [1.54, 1.807) is 0 Å². The Hall–Kier alpha value is -8.20. The van der Waals surface area contributed by atoms with E-state index in [4.69, 9.17) is 4.42 Å². The van der Waals surface area contributed by atoms with E-state index in [9.17, 15) is 0 Å². The van der Waals surface area contributed by atoms with Gasteiger partial charge in [0.2, 0.25) is 0 Å². The molecule has 1 heterocycles. The highest BCUT2D eigenvalue weighted by molar-refractivity contribution is 6.09. The number of anilines is 3. The minimum atomic E-state index is -0.198. The molecule has 13 rings (SSSR count). The molecule has 0 unspecified atom stereocenters. The number of fused-ring (bicyclic) bond motifs is 9. The summed E-state index contributed by atoms with van der Waals surface area (Å²) in [6.07, 6.45) is 0. The quantitative estimate of drug-likeness (QED) is 0.159. The van der Waals surface area contributed by atoms with E-state index in [1.807, 2.05) is 6.07 Å². The van der Waals surface area contributed by atoms with Gasteiger partial charge in [0.15, 0.2) is 0 Å². The molecule has 0 bridgehead atoms. The predicted octanol–water partition coefficient (Wildman–Crippen LogP) is 18.3. The molecule has 0 saturated heterocycles. The van der Waals surface area contributed by atoms with Gasteiger partial charge < -0.3 is 9.32 Å². The number of furan rings is 1. The summed E-state index contributed by atoms with van der Waals surface area (Å²) >= 11 is 0. The van der Waals surface area contributed by atoms with E-state index in [0.717, 1.165) is 61.3 Å². The first-order valence-corrected chi connectivity index (χ1v) is 23.8. The molecular weight excluding hydrogens is 823 g/mol. The van der Waals surface area contributed by atoms with Gasteiger partial charge in [0.25, 0.3) is 0 Å². The van der Waals surface area contributed by atoms with Crippen LogP contribution in [0.2, 0.25) is 0 Å². The van der Waals surface area contributed by atoms with Crippen molar-refractivity contribution in [2.24, 2.45) is 0 Å². The van der Waals surface area contributed by atoms with Crippen molar-refractivity contribution in [2.45, 2.75) is 38.5 Å². The zero-order chi connectivity index (χ0) is 45.7. The number of benzene rings is 10. The topological polar surface area (TPSA) is 16.4 Å². The fourth-order valence-electron chi connectivity index (χ4n) is 11.4. The van der Waals surface area contributed by atoms with Gasteiger partial charge in [-0.05, 0) is 144 Å². The van der Waals surface area contributed by atoms with Gasteiger partial charge >= 0.3 is 0 Å². The second-order valence-electron chi connectivity index (χ2n) is 19.7. The van der Waals surface area contributed by atoms with Crippen LogP contribution in [-0.4, -0.2) is 0 Å². The fourth-order valence-corrected chi connectivity index (χ4v) is 11.4. The van der Waals surface area contributed by atoms with Crippen molar-refractivity contribution >= 4 is 39.0 Å². The van der Waals surface area contributed by atoms with E-state index in [-0.39, 0.29) is 10.8 Å². The van der Waals surface area contributed by atoms with Crippen molar-refractivity contribution < 1.29 is 4.42 Å². The molecule has 2 heteroatoms. The maximum Gasteiger partial charge on any atom is 0.143 e. The van der Waals surface area contributed by atoms with E-state index in [2.05, 4.69) is 251 Å². The minimum absolute atomic E-state index is 0.198. The van der Waals surface area contributed by atoms with Gasteiger partial charge in [-0.15, -0.1) is 0 Å². The third-order valence-corrected chi connectivity index (χ3v) is 15.1. The Kier molecular flexibility index (Phi) is 8.95. The molecule has 0 spiro atoms. The smallest absolute Gasteiger partial charge is 0.143 e. The zero-order valence-corrected chi connectivity index (χ0v) is 38.7. The summed E-state index contributed by atoms with van der Waals surface area (Å²) in [6.45, 7) is 9.54. The van der Waals surface area contributed by atoms with E-state index < -0.39 is 0 Å². The molecule has 0 saturated carbocycles. The maximum atomic E-state index is 6.47. The van der Waals surface area contributed by atoms with Crippen LogP contribution in [0.4, 0.5) is 17.1 Å². The van der Waals surface area contributed by atoms with Gasteiger partial charge in [-0.2, -0.15) is 0 Å². The summed E-state index contributed by atoms with van der Waals surface area (Å²) in [5.41, 5.74) is 25.0. The van der Waals surface area contributed by atoms with Gasteiger partial charge in [-0.25, -0.2) is 0 Å². The first kappa shape index (κ1) is 40.1. The number of nitrogens with zero attached hydrogens (tertiary/aromatic N) is 1. The second kappa shape index (κ2) is 15.2. The van der Waals surface area contributed by atoms with Crippen LogP contribution in [0.1, 0.15) is 49.9 Å². The Morgan fingerprint density at radius 2 is 0.706 bits per heavy atom. The Labute approximate surface area is 398 Å². The molecule has 2 nitrogen and oxygen atoms in total. The Morgan fingerprint density at radius 3 is 1.29 bits per heavy atom. The molecule has 11 aromatic rings. The minimum Gasteiger partial charge on any atom is -0.455 e. The average Bonchev–Trinajstić information content (AvgIpc) is 3.96. The van der Waals surface area contributed by atoms with E-state index in [1.165, 1.54) is 66.8 Å². The van der Waals surface area contributed by atoms with Crippen LogP contribution < -0.4 is 4.90 Å². The lowest BCUT2D eigenvalue weighted by molar-refractivity contribution is 0.660. The molecule has 0 amide bonds. The van der Waals surface area contributed by atoms with Crippen LogP contribution in [0.5, 0.6) is 0 Å². The van der Waals surface area contributed by atoms with E-state index in [0.29, 0.717) is 0 Å². The highest BCUT2D eigenvalue weighted by Crippen LogP contribution is 2.54. The van der Waals surface area contributed by atoms with Crippen molar-refractivity contribution in [3.05, 3.63) is 247 Å². The highest BCUT2D eigenvalue weighted by Gasteiger charge is 2.38. The van der Waals surface area contributed by atoms with Crippen molar-refractivity contribution in [1.82, 2.24) is 0 Å². The molecule has 68 heavy (non-hydrogen) atoms. The van der Waals surface area contributed by atoms with Gasteiger partial charge in [0, 0.05) is 44.2 Å². The third-order valence-electron chi connectivity index (χ3n) is 15.1. The lowest BCUT2D eigenvalue weighted by Gasteiger charge is -2.30. The fraction of sp³-hybridized carbons (Fsp3) is 0.0909. The van der Waals surface area contributed by atoms with Gasteiger partial charge in [-0.1, -0.05) is 191 Å². The maximum absolute atomic E-state index is 6.47.